The minimum atomic E-state index is -0.0627. The second-order valence-electron chi connectivity index (χ2n) is 5.49. The molecule has 3 rings (SSSR count). The fourth-order valence-corrected chi connectivity index (χ4v) is 3.57. The van der Waals surface area contributed by atoms with E-state index in [4.69, 9.17) is 4.74 Å². The van der Waals surface area contributed by atoms with E-state index >= 15 is 0 Å². The van der Waals surface area contributed by atoms with Crippen LogP contribution >= 0.6 is 11.8 Å². The Balaban J connectivity index is 1.82. The highest BCUT2D eigenvalue weighted by molar-refractivity contribution is 8.00. The van der Waals surface area contributed by atoms with E-state index in [0.29, 0.717) is 0 Å². The van der Waals surface area contributed by atoms with E-state index in [2.05, 4.69) is 21.2 Å². The highest BCUT2D eigenvalue weighted by Crippen LogP contribution is 2.45. The number of ether oxygens (including phenoxy) is 1. The maximum Gasteiger partial charge on any atom is 0.194 e. The summed E-state index contributed by atoms with van der Waals surface area (Å²) in [6, 6.07) is 14.1. The molecule has 2 aromatic rings. The molecule has 1 aliphatic heterocycles. The number of hydrogen-bond donors (Lipinski definition) is 0. The lowest BCUT2D eigenvalue weighted by Gasteiger charge is -2.17. The molecule has 2 aromatic carbocycles. The summed E-state index contributed by atoms with van der Waals surface area (Å²) in [5.41, 5.74) is 3.02. The van der Waals surface area contributed by atoms with Crippen molar-refractivity contribution in [3.05, 3.63) is 42.5 Å². The third-order valence-electron chi connectivity index (χ3n) is 3.74. The average molecular weight is 328 g/mol. The van der Waals surface area contributed by atoms with Crippen LogP contribution in [0.3, 0.4) is 0 Å². The quantitative estimate of drug-likeness (QED) is 0.781. The van der Waals surface area contributed by atoms with Crippen LogP contribution in [-0.2, 0) is 0 Å². The van der Waals surface area contributed by atoms with Crippen LogP contribution in [0.1, 0.15) is 0 Å². The van der Waals surface area contributed by atoms with Gasteiger partial charge in [0.1, 0.15) is 11.4 Å². The number of nitrogens with zero attached hydrogens (tertiary/aromatic N) is 4. The molecule has 6 heteroatoms. The van der Waals surface area contributed by atoms with Crippen molar-refractivity contribution >= 4 is 28.8 Å². The number of rotatable bonds is 4. The molecular weight excluding hydrogens is 308 g/mol. The molecule has 0 amide bonds. The molecule has 23 heavy (non-hydrogen) atoms. The molecule has 120 valence electrons. The Labute approximate surface area is 141 Å². The summed E-state index contributed by atoms with van der Waals surface area (Å²) >= 11 is 1.68. The summed E-state index contributed by atoms with van der Waals surface area (Å²) < 4.78 is 5.29. The Morgan fingerprint density at radius 2 is 1.96 bits per heavy atom. The zero-order chi connectivity index (χ0) is 16.4. The minimum absolute atomic E-state index is 0.0627. The van der Waals surface area contributed by atoms with Crippen molar-refractivity contribution in [2.75, 3.05) is 38.1 Å². The van der Waals surface area contributed by atoms with Crippen LogP contribution in [0.4, 0.5) is 17.1 Å². The number of para-hydroxylation sites is 1. The molecule has 0 aliphatic carbocycles. The van der Waals surface area contributed by atoms with Gasteiger partial charge in [-0.05, 0) is 30.3 Å². The Morgan fingerprint density at radius 1 is 1.17 bits per heavy atom. The summed E-state index contributed by atoms with van der Waals surface area (Å²) in [5, 5.41) is 9.01. The molecule has 1 atom stereocenters. The molecule has 1 aliphatic rings. The number of azo groups is 1. The molecule has 0 fully saturated rings. The third-order valence-corrected chi connectivity index (χ3v) is 4.94. The van der Waals surface area contributed by atoms with Crippen LogP contribution in [0.25, 0.3) is 0 Å². The summed E-state index contributed by atoms with van der Waals surface area (Å²) in [7, 11) is 7.73. The van der Waals surface area contributed by atoms with Gasteiger partial charge in [-0.2, -0.15) is 10.2 Å². The van der Waals surface area contributed by atoms with Crippen molar-refractivity contribution in [2.45, 2.75) is 10.4 Å². The van der Waals surface area contributed by atoms with Crippen molar-refractivity contribution in [2.24, 2.45) is 10.2 Å². The van der Waals surface area contributed by atoms with Gasteiger partial charge >= 0.3 is 0 Å². The van der Waals surface area contributed by atoms with Crippen LogP contribution in [0.15, 0.2) is 57.6 Å². The number of hydrogen-bond acceptors (Lipinski definition) is 6. The second kappa shape index (κ2) is 6.50. The molecule has 0 saturated carbocycles. The van der Waals surface area contributed by atoms with Crippen LogP contribution in [0.5, 0.6) is 5.75 Å². The number of fused-ring (bicyclic) bond motifs is 1. The maximum atomic E-state index is 5.29. The van der Waals surface area contributed by atoms with Crippen molar-refractivity contribution < 1.29 is 4.74 Å². The molecule has 0 aromatic heterocycles. The predicted molar refractivity (Wildman–Crippen MR) is 96.3 cm³/mol. The highest BCUT2D eigenvalue weighted by atomic mass is 32.2. The molecule has 0 bridgehead atoms. The van der Waals surface area contributed by atoms with Gasteiger partial charge in [0.2, 0.25) is 0 Å². The van der Waals surface area contributed by atoms with Gasteiger partial charge in [0.25, 0.3) is 0 Å². The Kier molecular flexibility index (Phi) is 4.43. The largest absolute Gasteiger partial charge is 0.497 e. The van der Waals surface area contributed by atoms with E-state index < -0.39 is 0 Å². The van der Waals surface area contributed by atoms with Crippen LogP contribution in [0.2, 0.25) is 0 Å². The first kappa shape index (κ1) is 15.7. The molecule has 0 N–H and O–H groups in total. The average Bonchev–Trinajstić information content (AvgIpc) is 2.88. The first-order valence-corrected chi connectivity index (χ1v) is 8.23. The third kappa shape index (κ3) is 3.12. The number of anilines is 2. The lowest BCUT2D eigenvalue weighted by Crippen LogP contribution is -2.21. The molecule has 0 spiro atoms. The van der Waals surface area contributed by atoms with Gasteiger partial charge < -0.3 is 14.5 Å². The topological polar surface area (TPSA) is 40.4 Å². The van der Waals surface area contributed by atoms with Gasteiger partial charge in [-0.25, -0.2) is 0 Å². The number of methoxy groups -OCH3 is 1. The fourth-order valence-electron chi connectivity index (χ4n) is 2.46. The van der Waals surface area contributed by atoms with E-state index in [1.807, 2.05) is 62.4 Å². The zero-order valence-electron chi connectivity index (χ0n) is 13.7. The van der Waals surface area contributed by atoms with E-state index in [1.165, 1.54) is 0 Å². The predicted octanol–water partition coefficient (Wildman–Crippen LogP) is 4.37. The molecule has 5 nitrogen and oxygen atoms in total. The van der Waals surface area contributed by atoms with Crippen LogP contribution in [-0.4, -0.2) is 33.8 Å². The Morgan fingerprint density at radius 3 is 2.70 bits per heavy atom. The standard InChI is InChI=1S/C17H20N4OS/c1-20(2)14-8-6-5-7-13(14)18-19-17-21(3)15-10-9-12(22-4)11-16(15)23-17/h5-11,17H,1-4H3. The van der Waals surface area contributed by atoms with Gasteiger partial charge in [-0.3, -0.25) is 0 Å². The Hall–Kier alpha value is -2.21. The van der Waals surface area contributed by atoms with E-state index in [1.54, 1.807) is 18.9 Å². The van der Waals surface area contributed by atoms with Gasteiger partial charge in [0.05, 0.1) is 18.5 Å². The molecule has 0 radical (unpaired) electrons. The maximum absolute atomic E-state index is 5.29. The normalized spacial score (nSPS) is 16.7. The zero-order valence-corrected chi connectivity index (χ0v) is 14.5. The van der Waals surface area contributed by atoms with Gasteiger partial charge in [0.15, 0.2) is 5.50 Å². The molecule has 0 saturated heterocycles. The summed E-state index contributed by atoms with van der Waals surface area (Å²) in [4.78, 5) is 5.33. The van der Waals surface area contributed by atoms with E-state index in [0.717, 1.165) is 27.7 Å². The van der Waals surface area contributed by atoms with Crippen molar-refractivity contribution in [1.82, 2.24) is 0 Å². The van der Waals surface area contributed by atoms with Gasteiger partial charge in [0, 0.05) is 26.0 Å². The lowest BCUT2D eigenvalue weighted by atomic mass is 10.2. The smallest absolute Gasteiger partial charge is 0.194 e. The van der Waals surface area contributed by atoms with E-state index in [-0.39, 0.29) is 5.50 Å². The highest BCUT2D eigenvalue weighted by Gasteiger charge is 2.27. The first-order chi connectivity index (χ1) is 11.1. The van der Waals surface area contributed by atoms with Crippen molar-refractivity contribution in [1.29, 1.82) is 0 Å². The number of benzene rings is 2. The van der Waals surface area contributed by atoms with Crippen molar-refractivity contribution in [3.8, 4) is 5.75 Å². The molecule has 1 unspecified atom stereocenters. The summed E-state index contributed by atoms with van der Waals surface area (Å²) in [6.45, 7) is 0. The number of thioether (sulfide) groups is 1. The molecular formula is C17H20N4OS. The monoisotopic (exact) mass is 328 g/mol. The fraction of sp³-hybridized carbons (Fsp3) is 0.294. The van der Waals surface area contributed by atoms with E-state index in [9.17, 15) is 0 Å². The van der Waals surface area contributed by atoms with Gasteiger partial charge in [-0.15, -0.1) is 0 Å². The summed E-state index contributed by atoms with van der Waals surface area (Å²) in [6.07, 6.45) is 0. The summed E-state index contributed by atoms with van der Waals surface area (Å²) in [5.74, 6) is 0.861. The first-order valence-electron chi connectivity index (χ1n) is 7.35. The van der Waals surface area contributed by atoms with Crippen LogP contribution in [0, 0.1) is 0 Å². The Bertz CT molecular complexity index is 732. The van der Waals surface area contributed by atoms with Crippen LogP contribution < -0.4 is 14.5 Å². The van der Waals surface area contributed by atoms with Gasteiger partial charge in [-0.1, -0.05) is 23.9 Å². The SMILES string of the molecule is COc1ccc2c(c1)SC(N=Nc1ccccc1N(C)C)N2C. The lowest BCUT2D eigenvalue weighted by molar-refractivity contribution is 0.414. The second-order valence-corrected chi connectivity index (χ2v) is 6.58. The molecule has 1 heterocycles. The van der Waals surface area contributed by atoms with Crippen molar-refractivity contribution in [3.63, 3.8) is 0 Å². The minimum Gasteiger partial charge on any atom is -0.497 e.